The monoisotopic (exact) mass is 248 g/mol. The lowest BCUT2D eigenvalue weighted by Gasteiger charge is -2.00. The van der Waals surface area contributed by atoms with E-state index in [1.807, 2.05) is 43.6 Å². The van der Waals surface area contributed by atoms with Crippen molar-refractivity contribution in [3.8, 4) is 11.4 Å². The maximum Gasteiger partial charge on any atom is 0.159 e. The molecular formula is C11H9BrN2. The lowest BCUT2D eigenvalue weighted by atomic mass is 10.2. The molecule has 2 nitrogen and oxygen atoms in total. The van der Waals surface area contributed by atoms with Gasteiger partial charge in [-0.1, -0.05) is 28.1 Å². The van der Waals surface area contributed by atoms with Crippen molar-refractivity contribution < 1.29 is 0 Å². The molecule has 0 N–H and O–H groups in total. The van der Waals surface area contributed by atoms with Gasteiger partial charge in [-0.25, -0.2) is 9.97 Å². The normalized spacial score (nSPS) is 10.1. The zero-order valence-corrected chi connectivity index (χ0v) is 9.32. The van der Waals surface area contributed by atoms with Gasteiger partial charge in [0.1, 0.15) is 0 Å². The van der Waals surface area contributed by atoms with E-state index in [1.54, 1.807) is 0 Å². The molecule has 14 heavy (non-hydrogen) atoms. The molecule has 0 amide bonds. The summed E-state index contributed by atoms with van der Waals surface area (Å²) in [5, 5.41) is 0. The van der Waals surface area contributed by atoms with E-state index in [0.29, 0.717) is 0 Å². The van der Waals surface area contributed by atoms with Crippen LogP contribution in [0.15, 0.2) is 41.1 Å². The second-order valence-electron chi connectivity index (χ2n) is 3.09. The molecule has 0 atom stereocenters. The molecule has 0 spiro atoms. The third-order valence-corrected chi connectivity index (χ3v) is 2.36. The van der Waals surface area contributed by atoms with Crippen LogP contribution in [0.1, 0.15) is 5.56 Å². The van der Waals surface area contributed by atoms with E-state index < -0.39 is 0 Å². The lowest BCUT2D eigenvalue weighted by molar-refractivity contribution is 1.14. The second kappa shape index (κ2) is 3.88. The first-order chi connectivity index (χ1) is 6.75. The molecule has 0 aliphatic rings. The van der Waals surface area contributed by atoms with E-state index in [9.17, 15) is 0 Å². The number of benzene rings is 1. The van der Waals surface area contributed by atoms with Gasteiger partial charge in [0.15, 0.2) is 5.82 Å². The third-order valence-electron chi connectivity index (χ3n) is 1.86. The van der Waals surface area contributed by atoms with Crippen LogP contribution < -0.4 is 0 Å². The molecule has 0 aliphatic carbocycles. The molecule has 0 saturated carbocycles. The van der Waals surface area contributed by atoms with Crippen LogP contribution >= 0.6 is 15.9 Å². The van der Waals surface area contributed by atoms with Crippen LogP contribution in [-0.2, 0) is 0 Å². The van der Waals surface area contributed by atoms with Crippen LogP contribution in [0.3, 0.4) is 0 Å². The molecule has 70 valence electrons. The van der Waals surface area contributed by atoms with Crippen LogP contribution in [0.4, 0.5) is 0 Å². The van der Waals surface area contributed by atoms with Crippen LogP contribution in [0.2, 0.25) is 0 Å². The summed E-state index contributed by atoms with van der Waals surface area (Å²) in [5.41, 5.74) is 2.10. The Labute approximate surface area is 91.2 Å². The van der Waals surface area contributed by atoms with Crippen LogP contribution in [0.5, 0.6) is 0 Å². The van der Waals surface area contributed by atoms with E-state index in [4.69, 9.17) is 0 Å². The highest BCUT2D eigenvalue weighted by Gasteiger charge is 1.99. The van der Waals surface area contributed by atoms with Crippen LogP contribution in [0, 0.1) is 6.92 Å². The van der Waals surface area contributed by atoms with E-state index in [2.05, 4.69) is 25.9 Å². The predicted octanol–water partition coefficient (Wildman–Crippen LogP) is 3.21. The van der Waals surface area contributed by atoms with Gasteiger partial charge >= 0.3 is 0 Å². The maximum absolute atomic E-state index is 4.26. The van der Waals surface area contributed by atoms with Crippen LogP contribution in [0.25, 0.3) is 11.4 Å². The summed E-state index contributed by atoms with van der Waals surface area (Å²) in [4.78, 5) is 8.52. The summed E-state index contributed by atoms with van der Waals surface area (Å²) in [6, 6.07) is 7.96. The van der Waals surface area contributed by atoms with E-state index in [0.717, 1.165) is 21.4 Å². The fourth-order valence-electron chi connectivity index (χ4n) is 1.17. The molecule has 0 aliphatic heterocycles. The van der Waals surface area contributed by atoms with Crippen molar-refractivity contribution in [2.45, 2.75) is 6.92 Å². The Kier molecular flexibility index (Phi) is 2.59. The molecule has 0 fully saturated rings. The average molecular weight is 249 g/mol. The fraction of sp³-hybridized carbons (Fsp3) is 0.0909. The minimum absolute atomic E-state index is 0.761. The largest absolute Gasteiger partial charge is 0.236 e. The molecule has 0 bridgehead atoms. The van der Waals surface area contributed by atoms with E-state index in [1.165, 1.54) is 0 Å². The number of halogens is 1. The molecule has 2 aromatic rings. The van der Waals surface area contributed by atoms with Crippen LogP contribution in [-0.4, -0.2) is 9.97 Å². The number of hydrogen-bond donors (Lipinski definition) is 0. The summed E-state index contributed by atoms with van der Waals surface area (Å²) in [7, 11) is 0. The minimum Gasteiger partial charge on any atom is -0.236 e. The number of aryl methyl sites for hydroxylation is 1. The average Bonchev–Trinajstić information content (AvgIpc) is 2.19. The van der Waals surface area contributed by atoms with Gasteiger partial charge in [0, 0.05) is 22.4 Å². The van der Waals surface area contributed by atoms with E-state index >= 15 is 0 Å². The maximum atomic E-state index is 4.26. The van der Waals surface area contributed by atoms with Crippen molar-refractivity contribution >= 4 is 15.9 Å². The Balaban J connectivity index is 2.44. The number of hydrogen-bond acceptors (Lipinski definition) is 2. The summed E-state index contributed by atoms with van der Waals surface area (Å²) >= 11 is 3.42. The molecule has 0 radical (unpaired) electrons. The fourth-order valence-corrected chi connectivity index (χ4v) is 1.57. The summed E-state index contributed by atoms with van der Waals surface area (Å²) in [6.45, 7) is 1.98. The Hall–Kier alpha value is -1.22. The molecule has 0 saturated heterocycles. The van der Waals surface area contributed by atoms with Crippen molar-refractivity contribution in [3.05, 3.63) is 46.7 Å². The number of aromatic nitrogens is 2. The zero-order valence-electron chi connectivity index (χ0n) is 7.74. The van der Waals surface area contributed by atoms with E-state index in [-0.39, 0.29) is 0 Å². The highest BCUT2D eigenvalue weighted by Crippen LogP contribution is 2.19. The summed E-state index contributed by atoms with van der Waals surface area (Å²) < 4.78 is 1.04. The van der Waals surface area contributed by atoms with Gasteiger partial charge in [-0.15, -0.1) is 0 Å². The lowest BCUT2D eigenvalue weighted by Crippen LogP contribution is -1.88. The molecule has 0 unspecified atom stereocenters. The Morgan fingerprint density at radius 1 is 1.14 bits per heavy atom. The first kappa shape index (κ1) is 9.34. The van der Waals surface area contributed by atoms with Gasteiger partial charge in [-0.2, -0.15) is 0 Å². The molecule has 2 rings (SSSR count). The Bertz CT molecular complexity index is 437. The summed E-state index contributed by atoms with van der Waals surface area (Å²) in [6.07, 6.45) is 3.65. The molecule has 1 aromatic carbocycles. The standard InChI is InChI=1S/C11H9BrN2/c1-8-6-13-11(14-7-8)9-3-2-4-10(12)5-9/h2-7H,1H3. The highest BCUT2D eigenvalue weighted by molar-refractivity contribution is 9.10. The van der Waals surface area contributed by atoms with Crippen molar-refractivity contribution in [2.24, 2.45) is 0 Å². The number of rotatable bonds is 1. The first-order valence-electron chi connectivity index (χ1n) is 4.30. The Morgan fingerprint density at radius 3 is 2.50 bits per heavy atom. The molecular weight excluding hydrogens is 240 g/mol. The van der Waals surface area contributed by atoms with Crippen molar-refractivity contribution in [1.82, 2.24) is 9.97 Å². The Morgan fingerprint density at radius 2 is 1.86 bits per heavy atom. The van der Waals surface area contributed by atoms with Gasteiger partial charge in [0.05, 0.1) is 0 Å². The second-order valence-corrected chi connectivity index (χ2v) is 4.01. The first-order valence-corrected chi connectivity index (χ1v) is 5.09. The topological polar surface area (TPSA) is 25.8 Å². The quantitative estimate of drug-likeness (QED) is 0.775. The zero-order chi connectivity index (χ0) is 9.97. The molecule has 1 aromatic heterocycles. The van der Waals surface area contributed by atoms with Crippen molar-refractivity contribution in [2.75, 3.05) is 0 Å². The van der Waals surface area contributed by atoms with Gasteiger partial charge in [0.25, 0.3) is 0 Å². The van der Waals surface area contributed by atoms with Crippen molar-refractivity contribution in [1.29, 1.82) is 0 Å². The summed E-state index contributed by atoms with van der Waals surface area (Å²) in [5.74, 6) is 0.761. The molecule has 3 heteroatoms. The number of nitrogens with zero attached hydrogens (tertiary/aromatic N) is 2. The van der Waals surface area contributed by atoms with Gasteiger partial charge in [0.2, 0.25) is 0 Å². The van der Waals surface area contributed by atoms with Gasteiger partial charge in [-0.3, -0.25) is 0 Å². The predicted molar refractivity (Wildman–Crippen MR) is 59.9 cm³/mol. The smallest absolute Gasteiger partial charge is 0.159 e. The van der Waals surface area contributed by atoms with Gasteiger partial charge < -0.3 is 0 Å². The SMILES string of the molecule is Cc1cnc(-c2cccc(Br)c2)nc1. The minimum atomic E-state index is 0.761. The van der Waals surface area contributed by atoms with Crippen molar-refractivity contribution in [3.63, 3.8) is 0 Å². The molecule has 1 heterocycles. The van der Waals surface area contributed by atoms with Gasteiger partial charge in [-0.05, 0) is 24.6 Å². The highest BCUT2D eigenvalue weighted by atomic mass is 79.9. The third kappa shape index (κ3) is 1.99.